The van der Waals surface area contributed by atoms with Gasteiger partial charge in [-0.2, -0.15) is 0 Å². The topological polar surface area (TPSA) is 29.1 Å². The minimum Gasteiger partial charge on any atom is -0.381 e. The van der Waals surface area contributed by atoms with Crippen LogP contribution in [0.15, 0.2) is 36.1 Å². The van der Waals surface area contributed by atoms with Crippen LogP contribution in [0.3, 0.4) is 0 Å². The summed E-state index contributed by atoms with van der Waals surface area (Å²) in [5, 5.41) is 3.15. The third-order valence-electron chi connectivity index (χ3n) is 1.93. The normalized spacial score (nSPS) is 25.2. The van der Waals surface area contributed by atoms with E-state index in [4.69, 9.17) is 0 Å². The second kappa shape index (κ2) is 3.74. The first kappa shape index (κ1) is 9.30. The van der Waals surface area contributed by atoms with Crippen molar-refractivity contribution in [3.8, 4) is 0 Å². The van der Waals surface area contributed by atoms with Crippen molar-refractivity contribution in [2.75, 3.05) is 0 Å². The van der Waals surface area contributed by atoms with Gasteiger partial charge in [0, 0.05) is 23.5 Å². The van der Waals surface area contributed by atoms with Crippen LogP contribution in [0.4, 0.5) is 0 Å². The Bertz CT molecular complexity index is 278. The molecule has 1 atom stereocenters. The van der Waals surface area contributed by atoms with Crippen LogP contribution in [0, 0.1) is 0 Å². The van der Waals surface area contributed by atoms with Crippen LogP contribution < -0.4 is 5.32 Å². The number of hydrogen-bond donors (Lipinski definition) is 1. The van der Waals surface area contributed by atoms with Crippen molar-refractivity contribution >= 4 is 5.78 Å². The summed E-state index contributed by atoms with van der Waals surface area (Å²) in [6.07, 6.45) is 9.95. The maximum Gasteiger partial charge on any atom is 0.159 e. The number of nitrogens with one attached hydrogen (secondary N) is 1. The van der Waals surface area contributed by atoms with Crippen LogP contribution in [0.2, 0.25) is 0 Å². The fraction of sp³-hybridized carbons (Fsp3) is 0.222. The fourth-order valence-electron chi connectivity index (χ4n) is 1.35. The zero-order chi connectivity index (χ0) is 7.68. The van der Waals surface area contributed by atoms with Crippen molar-refractivity contribution in [3.63, 3.8) is 0 Å². The molecule has 0 spiro atoms. The molecule has 2 rings (SSSR count). The smallest absolute Gasteiger partial charge is 0.159 e. The number of carbonyl (C=O) groups is 1. The Morgan fingerprint density at radius 1 is 1.50 bits per heavy atom. The molecule has 1 aliphatic carbocycles. The fourth-order valence-corrected chi connectivity index (χ4v) is 1.35. The van der Waals surface area contributed by atoms with Gasteiger partial charge in [0.05, 0.1) is 6.04 Å². The van der Waals surface area contributed by atoms with E-state index in [0.29, 0.717) is 6.42 Å². The van der Waals surface area contributed by atoms with Crippen molar-refractivity contribution in [3.05, 3.63) is 36.1 Å². The van der Waals surface area contributed by atoms with E-state index >= 15 is 0 Å². The third kappa shape index (κ3) is 1.68. The molecule has 1 heterocycles. The average molecular weight is 211 g/mol. The molecule has 1 unspecified atom stereocenters. The molecule has 2 aliphatic rings. The Morgan fingerprint density at radius 3 is 3.17 bits per heavy atom. The Hall–Kier alpha value is -0.791. The monoisotopic (exact) mass is 210 g/mol. The van der Waals surface area contributed by atoms with E-state index in [1.807, 2.05) is 24.4 Å². The van der Waals surface area contributed by atoms with Gasteiger partial charge in [0.25, 0.3) is 0 Å². The van der Waals surface area contributed by atoms with Crippen molar-refractivity contribution in [1.82, 2.24) is 5.32 Å². The summed E-state index contributed by atoms with van der Waals surface area (Å²) in [6.45, 7) is 0. The largest absolute Gasteiger partial charge is 0.381 e. The third-order valence-corrected chi connectivity index (χ3v) is 1.93. The predicted octanol–water partition coefficient (Wildman–Crippen LogP) is 0.925. The molecule has 12 heavy (non-hydrogen) atoms. The van der Waals surface area contributed by atoms with Gasteiger partial charge in [0.1, 0.15) is 0 Å². The summed E-state index contributed by atoms with van der Waals surface area (Å²) >= 11 is 0. The maximum absolute atomic E-state index is 10.9. The van der Waals surface area contributed by atoms with Gasteiger partial charge >= 0.3 is 0 Å². The molecule has 0 aromatic rings. The van der Waals surface area contributed by atoms with Crippen LogP contribution in [-0.2, 0) is 21.9 Å². The van der Waals surface area contributed by atoms with Gasteiger partial charge in [0.15, 0.2) is 5.78 Å². The minimum absolute atomic E-state index is 0. The summed E-state index contributed by atoms with van der Waals surface area (Å²) in [5.74, 6) is 0.199. The molecule has 67 valence electrons. The van der Waals surface area contributed by atoms with Crippen molar-refractivity contribution in [1.29, 1.82) is 0 Å². The van der Waals surface area contributed by atoms with E-state index in [0.717, 1.165) is 0 Å². The van der Waals surface area contributed by atoms with E-state index in [1.165, 1.54) is 5.57 Å². The molecule has 0 bridgehead atoms. The molecule has 1 aliphatic heterocycles. The summed E-state index contributed by atoms with van der Waals surface area (Å²) in [4.78, 5) is 10.9. The van der Waals surface area contributed by atoms with Crippen molar-refractivity contribution in [2.24, 2.45) is 0 Å². The zero-order valence-corrected chi connectivity index (χ0v) is 7.32. The Labute approximate surface area is 81.9 Å². The van der Waals surface area contributed by atoms with Crippen LogP contribution in [0.25, 0.3) is 0 Å². The molecule has 2 nitrogen and oxygen atoms in total. The average Bonchev–Trinajstić information content (AvgIpc) is 2.04. The molecule has 0 aromatic heterocycles. The van der Waals surface area contributed by atoms with Gasteiger partial charge in [-0.3, -0.25) is 4.79 Å². The number of fused-ring (bicyclic) bond motifs is 1. The van der Waals surface area contributed by atoms with E-state index in [1.54, 1.807) is 6.08 Å². The molecular weight excluding hydrogens is 202 g/mol. The SMILES string of the molecule is O=C1C=CC2NC=CC=C2C1.[Cu]. The minimum atomic E-state index is 0. The van der Waals surface area contributed by atoms with Crippen LogP contribution in [0.1, 0.15) is 6.42 Å². The molecule has 0 saturated carbocycles. The summed E-state index contributed by atoms with van der Waals surface area (Å²) in [7, 11) is 0. The summed E-state index contributed by atoms with van der Waals surface area (Å²) in [5.41, 5.74) is 1.17. The van der Waals surface area contributed by atoms with Gasteiger partial charge in [-0.25, -0.2) is 0 Å². The quantitative estimate of drug-likeness (QED) is 0.603. The second-order valence-corrected chi connectivity index (χ2v) is 2.75. The summed E-state index contributed by atoms with van der Waals surface area (Å²) in [6, 6.07) is 0.262. The van der Waals surface area contributed by atoms with Gasteiger partial charge in [0.2, 0.25) is 0 Å². The number of allylic oxidation sites excluding steroid dienone is 3. The number of rotatable bonds is 0. The van der Waals surface area contributed by atoms with Crippen LogP contribution >= 0.6 is 0 Å². The molecule has 1 radical (unpaired) electrons. The van der Waals surface area contributed by atoms with Crippen LogP contribution in [-0.4, -0.2) is 11.8 Å². The molecule has 0 aromatic carbocycles. The molecule has 3 heteroatoms. The van der Waals surface area contributed by atoms with Crippen molar-refractivity contribution < 1.29 is 21.9 Å². The number of hydrogen-bond acceptors (Lipinski definition) is 2. The van der Waals surface area contributed by atoms with E-state index in [2.05, 4.69) is 5.32 Å². The molecule has 0 amide bonds. The number of carbonyl (C=O) groups excluding carboxylic acids is 1. The van der Waals surface area contributed by atoms with Crippen LogP contribution in [0.5, 0.6) is 0 Å². The first-order valence-corrected chi connectivity index (χ1v) is 3.69. The molecule has 0 fully saturated rings. The predicted molar refractivity (Wildman–Crippen MR) is 42.9 cm³/mol. The van der Waals surface area contributed by atoms with E-state index < -0.39 is 0 Å². The standard InChI is InChI=1S/C9H9NO.Cu/c11-8-3-4-9-7(6-8)2-1-5-10-9;/h1-5,9-10H,6H2;. The molecular formula is C9H9CuNO. The Balaban J connectivity index is 0.000000720. The van der Waals surface area contributed by atoms with Gasteiger partial charge in [-0.15, -0.1) is 0 Å². The van der Waals surface area contributed by atoms with Gasteiger partial charge in [-0.05, 0) is 23.9 Å². The number of dihydropyridines is 1. The first-order valence-electron chi connectivity index (χ1n) is 3.69. The number of ketones is 1. The van der Waals surface area contributed by atoms with Gasteiger partial charge in [-0.1, -0.05) is 12.2 Å². The second-order valence-electron chi connectivity index (χ2n) is 2.75. The molecule has 1 N–H and O–H groups in total. The Morgan fingerprint density at radius 2 is 2.33 bits per heavy atom. The van der Waals surface area contributed by atoms with Crippen molar-refractivity contribution in [2.45, 2.75) is 12.5 Å². The van der Waals surface area contributed by atoms with Gasteiger partial charge < -0.3 is 5.32 Å². The van der Waals surface area contributed by atoms with E-state index in [9.17, 15) is 4.79 Å². The molecule has 0 saturated heterocycles. The van der Waals surface area contributed by atoms with E-state index in [-0.39, 0.29) is 28.9 Å². The Kier molecular flexibility index (Phi) is 2.90. The zero-order valence-electron chi connectivity index (χ0n) is 6.38. The first-order chi connectivity index (χ1) is 5.36. The maximum atomic E-state index is 10.9. The summed E-state index contributed by atoms with van der Waals surface area (Å²) < 4.78 is 0.